The lowest BCUT2D eigenvalue weighted by atomic mass is 9.98. The molecule has 0 bridgehead atoms. The van der Waals surface area contributed by atoms with Gasteiger partial charge < -0.3 is 16.0 Å². The van der Waals surface area contributed by atoms with Crippen LogP contribution in [0.5, 0.6) is 0 Å². The highest BCUT2D eigenvalue weighted by molar-refractivity contribution is 8.00. The van der Waals surface area contributed by atoms with E-state index in [1.54, 1.807) is 6.92 Å². The zero-order chi connectivity index (χ0) is 26.5. The molecule has 1 aliphatic rings. The monoisotopic (exact) mass is 517 g/mol. The van der Waals surface area contributed by atoms with Gasteiger partial charge in [0.1, 0.15) is 12.1 Å². The van der Waals surface area contributed by atoms with Gasteiger partial charge in [-0.3, -0.25) is 19.2 Å². The number of likely N-dealkylation sites (N-methyl/N-ethyl adjacent to an activating group) is 1. The number of carbonyl (C=O) groups is 4. The molecule has 1 aromatic carbocycles. The van der Waals surface area contributed by atoms with Crippen LogP contribution in [0, 0.1) is 12.8 Å². The van der Waals surface area contributed by atoms with Gasteiger partial charge in [-0.05, 0) is 63.2 Å². The number of nitrogens with one attached hydrogen (secondary N) is 3. The predicted octanol–water partition coefficient (Wildman–Crippen LogP) is 3.71. The van der Waals surface area contributed by atoms with Crippen LogP contribution in [0.25, 0.3) is 0 Å². The van der Waals surface area contributed by atoms with Crippen molar-refractivity contribution in [2.75, 3.05) is 12.3 Å². The molecule has 0 aromatic heterocycles. The summed E-state index contributed by atoms with van der Waals surface area (Å²) in [6, 6.07) is 5.86. The van der Waals surface area contributed by atoms with Gasteiger partial charge >= 0.3 is 0 Å². The minimum Gasteiger partial charge on any atom is -0.350 e. The summed E-state index contributed by atoms with van der Waals surface area (Å²) in [6.45, 7) is 7.99. The highest BCUT2D eigenvalue weighted by Gasteiger charge is 2.30. The average Bonchev–Trinajstić information content (AvgIpc) is 3.35. The van der Waals surface area contributed by atoms with Crippen LogP contribution in [-0.4, -0.2) is 53.1 Å². The average molecular weight is 518 g/mol. The Bertz CT molecular complexity index is 866. The number of Topliss-reactive ketones (excluding diaryl/α,β-unsaturated/α-hetero) is 1. The highest BCUT2D eigenvalue weighted by Crippen LogP contribution is 2.30. The Morgan fingerprint density at radius 3 is 2.36 bits per heavy atom. The molecule has 1 heterocycles. The van der Waals surface area contributed by atoms with Gasteiger partial charge in [0.25, 0.3) is 5.91 Å². The lowest BCUT2D eigenvalue weighted by molar-refractivity contribution is -0.140. The van der Waals surface area contributed by atoms with Crippen molar-refractivity contribution in [1.29, 1.82) is 0 Å². The molecule has 8 heteroatoms. The van der Waals surface area contributed by atoms with Crippen molar-refractivity contribution in [3.63, 3.8) is 0 Å². The number of hydrogen-bond acceptors (Lipinski definition) is 5. The van der Waals surface area contributed by atoms with Gasteiger partial charge in [-0.2, -0.15) is 11.8 Å². The van der Waals surface area contributed by atoms with Gasteiger partial charge in [0.2, 0.25) is 17.6 Å². The summed E-state index contributed by atoms with van der Waals surface area (Å²) in [7, 11) is 0. The second-order valence-electron chi connectivity index (χ2n) is 10.1. The predicted molar refractivity (Wildman–Crippen MR) is 146 cm³/mol. The van der Waals surface area contributed by atoms with Crippen LogP contribution in [0.3, 0.4) is 0 Å². The van der Waals surface area contributed by atoms with Gasteiger partial charge in [0, 0.05) is 24.6 Å². The van der Waals surface area contributed by atoms with E-state index in [0.29, 0.717) is 19.4 Å². The fraction of sp³-hybridized carbons (Fsp3) is 0.643. The van der Waals surface area contributed by atoms with Crippen LogP contribution >= 0.6 is 11.8 Å². The lowest BCUT2D eigenvalue weighted by Gasteiger charge is -2.24. The Kier molecular flexibility index (Phi) is 13.0. The zero-order valence-electron chi connectivity index (χ0n) is 22.2. The molecule has 1 unspecified atom stereocenters. The second kappa shape index (κ2) is 15.7. The third-order valence-electron chi connectivity index (χ3n) is 6.32. The van der Waals surface area contributed by atoms with E-state index in [1.807, 2.05) is 56.8 Å². The molecule has 3 atom stereocenters. The topological polar surface area (TPSA) is 104 Å². The fourth-order valence-electron chi connectivity index (χ4n) is 4.35. The van der Waals surface area contributed by atoms with Crippen molar-refractivity contribution in [3.05, 3.63) is 35.4 Å². The van der Waals surface area contributed by atoms with E-state index < -0.39 is 29.7 Å². The highest BCUT2D eigenvalue weighted by atomic mass is 32.2. The summed E-state index contributed by atoms with van der Waals surface area (Å²) in [5, 5.41) is 8.89. The van der Waals surface area contributed by atoms with Crippen LogP contribution in [0.2, 0.25) is 0 Å². The number of amides is 3. The van der Waals surface area contributed by atoms with Gasteiger partial charge in [0.05, 0.1) is 0 Å². The second-order valence-corrected chi connectivity index (χ2v) is 11.5. The number of ketones is 1. The third-order valence-corrected chi connectivity index (χ3v) is 7.78. The quantitative estimate of drug-likeness (QED) is 0.243. The number of thioether (sulfide) groups is 1. The zero-order valence-corrected chi connectivity index (χ0v) is 23.0. The van der Waals surface area contributed by atoms with E-state index in [9.17, 15) is 19.2 Å². The largest absolute Gasteiger partial charge is 0.350 e. The molecule has 200 valence electrons. The summed E-state index contributed by atoms with van der Waals surface area (Å²) >= 11 is 2.03. The van der Waals surface area contributed by atoms with Gasteiger partial charge in [-0.25, -0.2) is 0 Å². The Balaban J connectivity index is 2.01. The summed E-state index contributed by atoms with van der Waals surface area (Å²) < 4.78 is 0. The molecule has 1 fully saturated rings. The normalized spacial score (nSPS) is 16.9. The molecule has 0 saturated carbocycles. The SMILES string of the molecule is CCNC(=O)C(=O)[C@H](Cc1ccc(C)cc1)NC(=O)[C@H](CC(C)C)NC(=O)CCCCC1CCCS1. The smallest absolute Gasteiger partial charge is 0.289 e. The molecule has 2 rings (SSSR count). The minimum atomic E-state index is -1.01. The molecule has 0 aliphatic carbocycles. The third kappa shape index (κ3) is 10.7. The number of rotatable bonds is 15. The summed E-state index contributed by atoms with van der Waals surface area (Å²) in [5.41, 5.74) is 1.92. The van der Waals surface area contributed by atoms with Crippen LogP contribution in [0.1, 0.15) is 76.8 Å². The molecule has 1 aliphatic heterocycles. The van der Waals surface area contributed by atoms with Gasteiger partial charge in [-0.1, -0.05) is 50.1 Å². The lowest BCUT2D eigenvalue weighted by Crippen LogP contribution is -2.54. The first kappa shape index (κ1) is 29.9. The molecule has 3 N–H and O–H groups in total. The number of unbranched alkanes of at least 4 members (excludes halogenated alkanes) is 1. The minimum absolute atomic E-state index is 0.153. The maximum atomic E-state index is 13.2. The van der Waals surface area contributed by atoms with Crippen molar-refractivity contribution < 1.29 is 19.2 Å². The van der Waals surface area contributed by atoms with E-state index in [-0.39, 0.29) is 18.2 Å². The summed E-state index contributed by atoms with van der Waals surface area (Å²) in [6.07, 6.45) is 6.52. The molecular formula is C28H43N3O4S. The van der Waals surface area contributed by atoms with E-state index in [4.69, 9.17) is 0 Å². The standard InChI is InChI=1S/C28H43N3O4S/c1-5-29-28(35)26(33)23(18-21-14-12-20(4)13-15-21)31-27(34)24(17-19(2)3)30-25(32)11-7-6-9-22-10-8-16-36-22/h12-15,19,22-24H,5-11,16-18H2,1-4H3,(H,29,35)(H,30,32)(H,31,34)/t22?,23-,24-/m0/s1. The Morgan fingerprint density at radius 1 is 1.03 bits per heavy atom. The number of benzene rings is 1. The van der Waals surface area contributed by atoms with Gasteiger partial charge in [0.15, 0.2) is 0 Å². The van der Waals surface area contributed by atoms with Gasteiger partial charge in [-0.15, -0.1) is 0 Å². The summed E-state index contributed by atoms with van der Waals surface area (Å²) in [5.74, 6) is -0.598. The van der Waals surface area contributed by atoms with E-state index >= 15 is 0 Å². The number of aryl methyl sites for hydroxylation is 1. The van der Waals surface area contributed by atoms with Crippen molar-refractivity contribution >= 4 is 35.3 Å². The first-order valence-corrected chi connectivity index (χ1v) is 14.3. The maximum Gasteiger partial charge on any atom is 0.289 e. The number of carbonyl (C=O) groups excluding carboxylic acids is 4. The Labute approximate surface area is 220 Å². The molecular weight excluding hydrogens is 474 g/mol. The van der Waals surface area contributed by atoms with E-state index in [0.717, 1.165) is 35.6 Å². The molecule has 1 aromatic rings. The first-order valence-electron chi connectivity index (χ1n) is 13.3. The van der Waals surface area contributed by atoms with Crippen LogP contribution in [0.15, 0.2) is 24.3 Å². The fourth-order valence-corrected chi connectivity index (χ4v) is 5.68. The van der Waals surface area contributed by atoms with Crippen LogP contribution < -0.4 is 16.0 Å². The first-order chi connectivity index (χ1) is 17.2. The Morgan fingerprint density at radius 2 is 1.75 bits per heavy atom. The van der Waals surface area contributed by atoms with Crippen LogP contribution in [-0.2, 0) is 25.6 Å². The number of hydrogen-bond donors (Lipinski definition) is 3. The molecule has 0 spiro atoms. The maximum absolute atomic E-state index is 13.2. The van der Waals surface area contributed by atoms with E-state index in [2.05, 4.69) is 16.0 Å². The molecule has 1 saturated heterocycles. The van der Waals surface area contributed by atoms with Crippen LogP contribution in [0.4, 0.5) is 0 Å². The van der Waals surface area contributed by atoms with E-state index in [1.165, 1.54) is 18.6 Å². The molecule has 0 radical (unpaired) electrons. The molecule has 3 amide bonds. The summed E-state index contributed by atoms with van der Waals surface area (Å²) in [4.78, 5) is 51.1. The van der Waals surface area contributed by atoms with Crippen molar-refractivity contribution in [2.45, 2.75) is 96.4 Å². The molecule has 7 nitrogen and oxygen atoms in total. The van der Waals surface area contributed by atoms with Crippen molar-refractivity contribution in [1.82, 2.24) is 16.0 Å². The van der Waals surface area contributed by atoms with Crippen molar-refractivity contribution in [2.24, 2.45) is 5.92 Å². The molecule has 36 heavy (non-hydrogen) atoms. The Hall–Kier alpha value is -2.35. The van der Waals surface area contributed by atoms with Crippen molar-refractivity contribution in [3.8, 4) is 0 Å².